The number of rotatable bonds is 2. The van der Waals surface area contributed by atoms with E-state index in [1.54, 1.807) is 0 Å². The first-order valence-electron chi connectivity index (χ1n) is 1.22. The fourth-order valence-corrected chi connectivity index (χ4v) is 0.612. The molecule has 0 fully saturated rings. The first-order chi connectivity index (χ1) is 3.13. The average molecular weight is 168 g/mol. The molecule has 8 heavy (non-hydrogen) atoms. The second-order valence-electron chi connectivity index (χ2n) is 0.602. The molecule has 5 nitrogen and oxygen atoms in total. The molecule has 44 valence electrons. The molecule has 0 spiro atoms. The van der Waals surface area contributed by atoms with Gasteiger partial charge in [0.15, 0.2) is 0 Å². The Hall–Kier alpha value is 1.11. The van der Waals surface area contributed by atoms with E-state index in [4.69, 9.17) is 0 Å². The van der Waals surface area contributed by atoms with Crippen molar-refractivity contribution < 1.29 is 23.2 Å². The zero-order chi connectivity index (χ0) is 5.86. The molecule has 0 saturated carbocycles. The van der Waals surface area contributed by atoms with Gasteiger partial charge < -0.3 is 18.9 Å². The van der Waals surface area contributed by atoms with Crippen molar-refractivity contribution in [1.82, 2.24) is 0 Å². The Balaban J connectivity index is 0. The van der Waals surface area contributed by atoms with Crippen LogP contribution < -0.4 is 9.79 Å². The van der Waals surface area contributed by atoms with Crippen LogP contribution in [0.25, 0.3) is 0 Å². The maximum atomic E-state index is 9.29. The molecule has 2 unspecified atom stereocenters. The molecule has 0 N–H and O–H groups in total. The molecule has 0 aliphatic heterocycles. The standard InChI is InChI=1S/Mg.H4O5P2/c;1-6(2)5-7(3)4/h;6-7H,(H,1,2)(H,3,4)/q+2;/p-2. The molecule has 0 radical (unpaired) electrons. The molecule has 0 aromatic carbocycles. The molecule has 0 bridgehead atoms. The number of hydrogen-bond donors (Lipinski definition) is 0. The summed E-state index contributed by atoms with van der Waals surface area (Å²) in [4.78, 5) is 18.6. The average Bonchev–Trinajstić information content (AvgIpc) is 1.27. The predicted molar refractivity (Wildman–Crippen MR) is 24.8 cm³/mol. The van der Waals surface area contributed by atoms with Crippen LogP contribution in [-0.4, -0.2) is 23.1 Å². The summed E-state index contributed by atoms with van der Waals surface area (Å²) >= 11 is 0. The van der Waals surface area contributed by atoms with E-state index in [0.29, 0.717) is 0 Å². The Kier molecular flexibility index (Phi) is 9.23. The van der Waals surface area contributed by atoms with Crippen LogP contribution in [0.4, 0.5) is 0 Å². The second kappa shape index (κ2) is 6.23. The number of hydrogen-bond acceptors (Lipinski definition) is 5. The van der Waals surface area contributed by atoms with Crippen molar-refractivity contribution in [2.24, 2.45) is 0 Å². The van der Waals surface area contributed by atoms with Crippen LogP contribution in [0.1, 0.15) is 0 Å². The van der Waals surface area contributed by atoms with Crippen molar-refractivity contribution in [3.8, 4) is 0 Å². The summed E-state index contributed by atoms with van der Waals surface area (Å²) in [7, 11) is -7.03. The first kappa shape index (κ1) is 11.8. The molecular weight excluding hydrogens is 166 g/mol. The van der Waals surface area contributed by atoms with Gasteiger partial charge in [0.1, 0.15) is 16.5 Å². The van der Waals surface area contributed by atoms with E-state index >= 15 is 0 Å². The van der Waals surface area contributed by atoms with Gasteiger partial charge in [-0.05, 0) is 0 Å². The minimum Gasteiger partial charge on any atom is -0.781 e. The van der Waals surface area contributed by atoms with Gasteiger partial charge in [0, 0.05) is 0 Å². The van der Waals surface area contributed by atoms with Crippen LogP contribution in [0, 0.1) is 0 Å². The zero-order valence-electron chi connectivity index (χ0n) is 3.75. The molecule has 0 aliphatic carbocycles. The first-order valence-corrected chi connectivity index (χ1v) is 3.67. The van der Waals surface area contributed by atoms with Gasteiger partial charge in [-0.25, -0.2) is 0 Å². The van der Waals surface area contributed by atoms with E-state index in [0.717, 1.165) is 0 Å². The molecule has 0 aliphatic rings. The van der Waals surface area contributed by atoms with Crippen molar-refractivity contribution in [2.45, 2.75) is 0 Å². The van der Waals surface area contributed by atoms with Gasteiger partial charge in [-0.15, -0.1) is 0 Å². The SMILES string of the molecule is O=[PH]([O-])O[PH](=O)[O-].[Mg+2]. The van der Waals surface area contributed by atoms with Gasteiger partial charge in [-0.2, -0.15) is 0 Å². The largest absolute Gasteiger partial charge is 2.00 e. The van der Waals surface area contributed by atoms with Gasteiger partial charge in [0.25, 0.3) is 0 Å². The monoisotopic (exact) mass is 168 g/mol. The van der Waals surface area contributed by atoms with Crippen LogP contribution in [-0.2, 0) is 13.4 Å². The summed E-state index contributed by atoms with van der Waals surface area (Å²) in [5.41, 5.74) is 0. The summed E-state index contributed by atoms with van der Waals surface area (Å²) in [5, 5.41) is 0. The zero-order valence-corrected chi connectivity index (χ0v) is 7.16. The third-order valence-corrected chi connectivity index (χ3v) is 1.50. The smallest absolute Gasteiger partial charge is 0.781 e. The van der Waals surface area contributed by atoms with E-state index < -0.39 is 16.5 Å². The van der Waals surface area contributed by atoms with Crippen LogP contribution in [0.15, 0.2) is 0 Å². The Bertz CT molecular complexity index is 86.6. The Morgan fingerprint density at radius 3 is 1.38 bits per heavy atom. The van der Waals surface area contributed by atoms with Gasteiger partial charge in [0.05, 0.1) is 0 Å². The molecule has 0 saturated heterocycles. The second-order valence-corrected chi connectivity index (χ2v) is 2.42. The fourth-order valence-electron chi connectivity index (χ4n) is 0.0680. The maximum Gasteiger partial charge on any atom is 2.00 e. The molecule has 8 heteroatoms. The molecular formula is H2MgO5P2. The van der Waals surface area contributed by atoms with Gasteiger partial charge in [-0.3, -0.25) is 4.31 Å². The minimum absolute atomic E-state index is 0. The Morgan fingerprint density at radius 1 is 1.12 bits per heavy atom. The van der Waals surface area contributed by atoms with Crippen molar-refractivity contribution in [3.63, 3.8) is 0 Å². The topological polar surface area (TPSA) is 89.5 Å². The Morgan fingerprint density at radius 2 is 1.38 bits per heavy atom. The van der Waals surface area contributed by atoms with Crippen LogP contribution in [0.3, 0.4) is 0 Å². The van der Waals surface area contributed by atoms with Crippen LogP contribution >= 0.6 is 16.5 Å². The van der Waals surface area contributed by atoms with Gasteiger partial charge in [-0.1, -0.05) is 0 Å². The summed E-state index contributed by atoms with van der Waals surface area (Å²) in [6.45, 7) is 0. The van der Waals surface area contributed by atoms with E-state index in [2.05, 4.69) is 4.31 Å². The summed E-state index contributed by atoms with van der Waals surface area (Å²) < 4.78 is 21.8. The fraction of sp³-hybridized carbons (Fsp3) is 0. The maximum absolute atomic E-state index is 9.29. The van der Waals surface area contributed by atoms with Crippen molar-refractivity contribution >= 4 is 39.6 Å². The van der Waals surface area contributed by atoms with E-state index in [1.165, 1.54) is 0 Å². The normalized spacial score (nSPS) is 16.2. The van der Waals surface area contributed by atoms with Crippen LogP contribution in [0.5, 0.6) is 0 Å². The molecule has 0 rings (SSSR count). The predicted octanol–water partition coefficient (Wildman–Crippen LogP) is -1.88. The minimum atomic E-state index is -3.51. The molecule has 2 atom stereocenters. The molecule has 0 amide bonds. The van der Waals surface area contributed by atoms with Crippen molar-refractivity contribution in [3.05, 3.63) is 0 Å². The molecule has 0 aromatic heterocycles. The van der Waals surface area contributed by atoms with Crippen LogP contribution in [0.2, 0.25) is 0 Å². The van der Waals surface area contributed by atoms with Crippen molar-refractivity contribution in [1.29, 1.82) is 0 Å². The third kappa shape index (κ3) is 10.2. The third-order valence-electron chi connectivity index (χ3n) is 0.167. The van der Waals surface area contributed by atoms with Crippen molar-refractivity contribution in [2.75, 3.05) is 0 Å². The van der Waals surface area contributed by atoms with Gasteiger partial charge >= 0.3 is 23.1 Å². The summed E-state index contributed by atoms with van der Waals surface area (Å²) in [6, 6.07) is 0. The van der Waals surface area contributed by atoms with E-state index in [1.807, 2.05) is 0 Å². The van der Waals surface area contributed by atoms with Gasteiger partial charge in [0.2, 0.25) is 0 Å². The molecule has 0 aromatic rings. The van der Waals surface area contributed by atoms with E-state index in [-0.39, 0.29) is 23.1 Å². The Labute approximate surface area is 63.1 Å². The summed E-state index contributed by atoms with van der Waals surface area (Å²) in [5.74, 6) is 0. The quantitative estimate of drug-likeness (QED) is 0.355. The molecule has 0 heterocycles. The summed E-state index contributed by atoms with van der Waals surface area (Å²) in [6.07, 6.45) is 0. The van der Waals surface area contributed by atoms with E-state index in [9.17, 15) is 18.9 Å².